The van der Waals surface area contributed by atoms with E-state index in [-0.39, 0.29) is 40.2 Å². The minimum atomic E-state index is -1.37. The topological polar surface area (TPSA) is 162 Å². The van der Waals surface area contributed by atoms with Crippen molar-refractivity contribution in [2.45, 2.75) is 13.8 Å². The van der Waals surface area contributed by atoms with E-state index in [1.807, 2.05) is 0 Å². The summed E-state index contributed by atoms with van der Waals surface area (Å²) in [5, 5.41) is 28.5. The Labute approximate surface area is 185 Å². The molecule has 0 aliphatic rings. The van der Waals surface area contributed by atoms with E-state index in [4.69, 9.17) is 14.9 Å². The predicted octanol–water partition coefficient (Wildman–Crippen LogP) is 3.49. The minimum Gasteiger partial charge on any atom is -0.478 e. The first kappa shape index (κ1) is 24.7. The molecule has 0 unspecified atom stereocenters. The molecule has 2 N–H and O–H groups in total. The average Bonchev–Trinajstić information content (AvgIpc) is 3.28. The fourth-order valence-corrected chi connectivity index (χ4v) is 2.81. The zero-order chi connectivity index (χ0) is 24.7. The predicted molar refractivity (Wildman–Crippen MR) is 111 cm³/mol. The number of aryl methyl sites for hydroxylation is 1. The number of aromatic nitrogens is 2. The Morgan fingerprint density at radius 1 is 1.18 bits per heavy atom. The van der Waals surface area contributed by atoms with Crippen molar-refractivity contribution in [2.75, 3.05) is 6.61 Å². The molecule has 3 aromatic rings. The lowest BCUT2D eigenvalue weighted by Gasteiger charge is -2.10. The van der Waals surface area contributed by atoms with Crippen molar-refractivity contribution in [1.82, 2.24) is 9.55 Å². The molecular formula is C21H18FN3O8. The van der Waals surface area contributed by atoms with Crippen LogP contribution in [0.25, 0.3) is 5.69 Å². The van der Waals surface area contributed by atoms with Crippen molar-refractivity contribution in [2.24, 2.45) is 0 Å². The number of esters is 1. The van der Waals surface area contributed by atoms with Crippen molar-refractivity contribution in [1.29, 1.82) is 0 Å². The molecule has 0 saturated heterocycles. The number of carbonyl (C=O) groups excluding carboxylic acids is 1. The van der Waals surface area contributed by atoms with Gasteiger partial charge in [0.15, 0.2) is 0 Å². The number of carboxylic acids is 2. The summed E-state index contributed by atoms with van der Waals surface area (Å²) in [6.07, 6.45) is 4.36. The fraction of sp³-hybridized carbons (Fsp3) is 0.143. The Balaban J connectivity index is 0.000000237. The molecule has 0 saturated carbocycles. The summed E-state index contributed by atoms with van der Waals surface area (Å²) in [5.74, 6) is -3.92. The van der Waals surface area contributed by atoms with Crippen molar-refractivity contribution >= 4 is 23.6 Å². The highest BCUT2D eigenvalue weighted by Crippen LogP contribution is 2.23. The van der Waals surface area contributed by atoms with Crippen LogP contribution in [0.5, 0.6) is 0 Å². The second kappa shape index (κ2) is 10.6. The van der Waals surface area contributed by atoms with Crippen LogP contribution in [0.4, 0.5) is 10.1 Å². The van der Waals surface area contributed by atoms with E-state index in [1.165, 1.54) is 36.3 Å². The number of nitro groups is 1. The molecule has 0 radical (unpaired) electrons. The van der Waals surface area contributed by atoms with Gasteiger partial charge in [-0.3, -0.25) is 10.1 Å². The molecule has 0 amide bonds. The minimum absolute atomic E-state index is 0.109. The number of aromatic carboxylic acids is 2. The lowest BCUT2D eigenvalue weighted by Crippen LogP contribution is -2.15. The third kappa shape index (κ3) is 5.97. The van der Waals surface area contributed by atoms with Crippen LogP contribution < -0.4 is 0 Å². The monoisotopic (exact) mass is 459 g/mol. The summed E-state index contributed by atoms with van der Waals surface area (Å²) in [5.41, 5.74) is -0.407. The van der Waals surface area contributed by atoms with Crippen LogP contribution in [0.3, 0.4) is 0 Å². The Kier molecular flexibility index (Phi) is 7.93. The van der Waals surface area contributed by atoms with Crippen LogP contribution in [0.2, 0.25) is 0 Å². The van der Waals surface area contributed by atoms with Crippen molar-refractivity contribution in [3.8, 4) is 5.69 Å². The van der Waals surface area contributed by atoms with Crippen LogP contribution in [0.1, 0.15) is 43.6 Å². The molecule has 0 aliphatic carbocycles. The second-order valence-corrected chi connectivity index (χ2v) is 6.41. The van der Waals surface area contributed by atoms with E-state index >= 15 is 0 Å². The Morgan fingerprint density at radius 3 is 2.39 bits per heavy atom. The van der Waals surface area contributed by atoms with Crippen molar-refractivity contribution in [3.63, 3.8) is 0 Å². The number of nitrogens with zero attached hydrogens (tertiary/aromatic N) is 3. The van der Waals surface area contributed by atoms with Gasteiger partial charge in [0.05, 0.1) is 34.5 Å². The van der Waals surface area contributed by atoms with Gasteiger partial charge in [-0.2, -0.15) is 0 Å². The normalized spacial score (nSPS) is 10.0. The molecule has 12 heteroatoms. The van der Waals surface area contributed by atoms with Gasteiger partial charge in [0, 0.05) is 24.5 Å². The molecule has 0 aliphatic heterocycles. The number of ether oxygens (including phenoxy) is 1. The highest BCUT2D eigenvalue weighted by molar-refractivity contribution is 6.05. The number of imidazole rings is 1. The summed E-state index contributed by atoms with van der Waals surface area (Å²) < 4.78 is 19.1. The molecule has 0 bridgehead atoms. The second-order valence-electron chi connectivity index (χ2n) is 6.41. The van der Waals surface area contributed by atoms with Crippen molar-refractivity contribution < 1.29 is 38.6 Å². The van der Waals surface area contributed by atoms with E-state index in [0.717, 1.165) is 24.3 Å². The van der Waals surface area contributed by atoms with Gasteiger partial charge in [-0.05, 0) is 37.6 Å². The molecule has 3 rings (SSSR count). The van der Waals surface area contributed by atoms with E-state index in [9.17, 15) is 28.9 Å². The summed E-state index contributed by atoms with van der Waals surface area (Å²) >= 11 is 0. The van der Waals surface area contributed by atoms with Gasteiger partial charge >= 0.3 is 17.9 Å². The Morgan fingerprint density at radius 2 is 1.88 bits per heavy atom. The SMILES string of the molecule is CCOC(=O)c1c(C)cc(C(=O)O)cc1C(=O)O.O=[N+]([O-])c1ccc(F)cc1-n1ccnc1. The van der Waals surface area contributed by atoms with Gasteiger partial charge in [-0.25, -0.2) is 23.8 Å². The average molecular weight is 459 g/mol. The van der Waals surface area contributed by atoms with Crippen LogP contribution in [-0.2, 0) is 4.74 Å². The van der Waals surface area contributed by atoms with E-state index in [1.54, 1.807) is 6.92 Å². The first-order valence-corrected chi connectivity index (χ1v) is 9.27. The van der Waals surface area contributed by atoms with Gasteiger partial charge in [-0.15, -0.1) is 0 Å². The van der Waals surface area contributed by atoms with E-state index in [2.05, 4.69) is 4.98 Å². The van der Waals surface area contributed by atoms with Gasteiger partial charge in [-0.1, -0.05) is 0 Å². The maximum atomic E-state index is 12.9. The lowest BCUT2D eigenvalue weighted by molar-refractivity contribution is -0.384. The fourth-order valence-electron chi connectivity index (χ4n) is 2.81. The molecule has 0 fully saturated rings. The van der Waals surface area contributed by atoms with Gasteiger partial charge < -0.3 is 19.5 Å². The van der Waals surface area contributed by atoms with Crippen molar-refractivity contribution in [3.05, 3.63) is 87.2 Å². The molecule has 1 aromatic heterocycles. The van der Waals surface area contributed by atoms with E-state index in [0.29, 0.717) is 0 Å². The molecule has 172 valence electrons. The first-order chi connectivity index (χ1) is 15.6. The van der Waals surface area contributed by atoms with Crippen LogP contribution in [-0.4, -0.2) is 49.2 Å². The number of nitro benzene ring substituents is 1. The van der Waals surface area contributed by atoms with Gasteiger partial charge in [0.25, 0.3) is 5.69 Å². The lowest BCUT2D eigenvalue weighted by atomic mass is 9.98. The maximum absolute atomic E-state index is 12.9. The van der Waals surface area contributed by atoms with Crippen LogP contribution >= 0.6 is 0 Å². The smallest absolute Gasteiger partial charge is 0.339 e. The zero-order valence-electron chi connectivity index (χ0n) is 17.4. The molecule has 0 spiro atoms. The number of hydrogen-bond acceptors (Lipinski definition) is 7. The highest BCUT2D eigenvalue weighted by Gasteiger charge is 2.22. The standard InChI is InChI=1S/C12H12O6.C9H6FN3O2/c1-3-18-12(17)9-6(2)4-7(10(13)14)5-8(9)11(15)16;10-7-1-2-8(13(14)15)9(5-7)12-4-3-11-6-12/h4-5H,3H2,1-2H3,(H,13,14)(H,15,16);1-6H. The summed E-state index contributed by atoms with van der Waals surface area (Å²) in [7, 11) is 0. The number of benzene rings is 2. The first-order valence-electron chi connectivity index (χ1n) is 9.27. The van der Waals surface area contributed by atoms with Crippen LogP contribution in [0.15, 0.2) is 49.1 Å². The molecule has 1 heterocycles. The summed E-state index contributed by atoms with van der Waals surface area (Å²) in [6, 6.07) is 5.47. The molecule has 0 atom stereocenters. The third-order valence-corrected chi connectivity index (χ3v) is 4.21. The Hall–Kier alpha value is -4.61. The number of halogens is 1. The van der Waals surface area contributed by atoms with Gasteiger partial charge in [0.1, 0.15) is 11.5 Å². The summed E-state index contributed by atoms with van der Waals surface area (Å²) in [6.45, 7) is 3.17. The van der Waals surface area contributed by atoms with Crippen LogP contribution in [0, 0.1) is 22.9 Å². The number of carboxylic acid groups (broad SMARTS) is 2. The Bertz CT molecular complexity index is 1210. The largest absolute Gasteiger partial charge is 0.478 e. The number of hydrogen-bond donors (Lipinski definition) is 2. The molecule has 2 aromatic carbocycles. The molecule has 33 heavy (non-hydrogen) atoms. The third-order valence-electron chi connectivity index (χ3n) is 4.21. The zero-order valence-corrected chi connectivity index (χ0v) is 17.4. The molecule has 11 nitrogen and oxygen atoms in total. The van der Waals surface area contributed by atoms with Gasteiger partial charge in [0.2, 0.25) is 0 Å². The molecular weight excluding hydrogens is 441 g/mol. The number of rotatable bonds is 6. The van der Waals surface area contributed by atoms with E-state index < -0.39 is 28.6 Å². The quantitative estimate of drug-likeness (QED) is 0.319. The number of carbonyl (C=O) groups is 3. The maximum Gasteiger partial charge on any atom is 0.339 e. The summed E-state index contributed by atoms with van der Waals surface area (Å²) in [4.78, 5) is 47.4. The highest BCUT2D eigenvalue weighted by atomic mass is 19.1.